The van der Waals surface area contributed by atoms with Crippen molar-refractivity contribution < 1.29 is 18.3 Å². The van der Waals surface area contributed by atoms with Crippen LogP contribution in [-0.2, 0) is 21.3 Å². The van der Waals surface area contributed by atoms with Gasteiger partial charge in [0.2, 0.25) is 10.0 Å². The molecule has 1 saturated heterocycles. The van der Waals surface area contributed by atoms with E-state index in [1.807, 2.05) is 0 Å². The van der Waals surface area contributed by atoms with E-state index in [0.717, 1.165) is 0 Å². The van der Waals surface area contributed by atoms with Crippen molar-refractivity contribution in [1.82, 2.24) is 14.1 Å². The van der Waals surface area contributed by atoms with Gasteiger partial charge >= 0.3 is 0 Å². The minimum absolute atomic E-state index is 0.0609. The third-order valence-electron chi connectivity index (χ3n) is 2.76. The molecule has 2 rings (SSSR count). The minimum atomic E-state index is -3.46. The van der Waals surface area contributed by atoms with Crippen molar-refractivity contribution in [2.75, 3.05) is 32.9 Å². The first kappa shape index (κ1) is 13.5. The highest BCUT2D eigenvalue weighted by atomic mass is 32.2. The van der Waals surface area contributed by atoms with Crippen LogP contribution in [0, 0.1) is 0 Å². The van der Waals surface area contributed by atoms with Crippen LogP contribution in [0.1, 0.15) is 6.42 Å². The Bertz CT molecular complexity index is 479. The standard InChI is InChI=1S/C10H17N3O4S/c14-5-1-2-12-9-10(8-11-12)18(15,16)13-3-6-17-7-4-13/h8-9,14H,1-7H2. The smallest absolute Gasteiger partial charge is 0.246 e. The summed E-state index contributed by atoms with van der Waals surface area (Å²) in [6.45, 7) is 2.19. The largest absolute Gasteiger partial charge is 0.396 e. The summed E-state index contributed by atoms with van der Waals surface area (Å²) in [5, 5.41) is 12.7. The van der Waals surface area contributed by atoms with E-state index in [1.54, 1.807) is 0 Å². The van der Waals surface area contributed by atoms with Crippen molar-refractivity contribution in [3.63, 3.8) is 0 Å². The second-order valence-electron chi connectivity index (χ2n) is 4.03. The average Bonchev–Trinajstić information content (AvgIpc) is 2.87. The molecule has 18 heavy (non-hydrogen) atoms. The number of hydrogen-bond acceptors (Lipinski definition) is 5. The van der Waals surface area contributed by atoms with E-state index in [1.165, 1.54) is 21.4 Å². The van der Waals surface area contributed by atoms with E-state index < -0.39 is 10.0 Å². The molecule has 0 radical (unpaired) electrons. The zero-order chi connectivity index (χ0) is 13.0. The fourth-order valence-electron chi connectivity index (χ4n) is 1.77. The van der Waals surface area contributed by atoms with Gasteiger partial charge in [-0.25, -0.2) is 8.42 Å². The highest BCUT2D eigenvalue weighted by Gasteiger charge is 2.27. The normalized spacial score (nSPS) is 18.1. The first-order chi connectivity index (χ1) is 8.64. The van der Waals surface area contributed by atoms with Crippen LogP contribution in [0.4, 0.5) is 0 Å². The Labute approximate surface area is 106 Å². The fraction of sp³-hybridized carbons (Fsp3) is 0.700. The molecule has 1 aromatic rings. The van der Waals surface area contributed by atoms with Gasteiger partial charge in [-0.1, -0.05) is 0 Å². The zero-order valence-corrected chi connectivity index (χ0v) is 10.8. The van der Waals surface area contributed by atoms with E-state index >= 15 is 0 Å². The van der Waals surface area contributed by atoms with Crippen molar-refractivity contribution in [3.05, 3.63) is 12.4 Å². The Hall–Kier alpha value is -0.960. The summed E-state index contributed by atoms with van der Waals surface area (Å²) in [6, 6.07) is 0. The number of aliphatic hydroxyl groups is 1. The lowest BCUT2D eigenvalue weighted by molar-refractivity contribution is 0.0730. The van der Waals surface area contributed by atoms with Crippen molar-refractivity contribution in [1.29, 1.82) is 0 Å². The van der Waals surface area contributed by atoms with E-state index in [9.17, 15) is 8.42 Å². The molecule has 1 fully saturated rings. The Balaban J connectivity index is 2.11. The van der Waals surface area contributed by atoms with Crippen LogP contribution >= 0.6 is 0 Å². The quantitative estimate of drug-likeness (QED) is 0.767. The molecule has 1 aromatic heterocycles. The molecular formula is C10H17N3O4S. The summed E-state index contributed by atoms with van der Waals surface area (Å²) < 4.78 is 32.6. The van der Waals surface area contributed by atoms with Crippen LogP contribution in [-0.4, -0.2) is 60.5 Å². The molecule has 0 saturated carbocycles. The van der Waals surface area contributed by atoms with Crippen LogP contribution in [0.2, 0.25) is 0 Å². The molecule has 1 N–H and O–H groups in total. The number of aliphatic hydroxyl groups excluding tert-OH is 1. The maximum Gasteiger partial charge on any atom is 0.246 e. The monoisotopic (exact) mass is 275 g/mol. The first-order valence-electron chi connectivity index (χ1n) is 5.86. The van der Waals surface area contributed by atoms with Gasteiger partial charge in [-0.2, -0.15) is 9.40 Å². The molecule has 0 bridgehead atoms. The van der Waals surface area contributed by atoms with Crippen LogP contribution in [0.25, 0.3) is 0 Å². The lowest BCUT2D eigenvalue weighted by Gasteiger charge is -2.25. The van der Waals surface area contributed by atoms with E-state index in [4.69, 9.17) is 9.84 Å². The summed E-state index contributed by atoms with van der Waals surface area (Å²) in [6.07, 6.45) is 3.40. The van der Waals surface area contributed by atoms with Gasteiger partial charge in [0.25, 0.3) is 0 Å². The number of ether oxygens (including phenoxy) is 1. The van der Waals surface area contributed by atoms with Crippen molar-refractivity contribution in [3.8, 4) is 0 Å². The molecule has 1 aliphatic rings. The van der Waals surface area contributed by atoms with Gasteiger partial charge in [0.1, 0.15) is 4.90 Å². The highest BCUT2D eigenvalue weighted by molar-refractivity contribution is 7.89. The maximum absolute atomic E-state index is 12.2. The Morgan fingerprint density at radius 1 is 1.39 bits per heavy atom. The summed E-state index contributed by atoms with van der Waals surface area (Å²) >= 11 is 0. The predicted molar refractivity (Wildman–Crippen MR) is 63.5 cm³/mol. The fourth-order valence-corrected chi connectivity index (χ4v) is 3.13. The first-order valence-corrected chi connectivity index (χ1v) is 7.30. The van der Waals surface area contributed by atoms with Crippen LogP contribution in [0.3, 0.4) is 0 Å². The SMILES string of the molecule is O=S(=O)(c1cnn(CCCO)c1)N1CCOCC1. The molecular weight excluding hydrogens is 258 g/mol. The number of aromatic nitrogens is 2. The lowest BCUT2D eigenvalue weighted by Crippen LogP contribution is -2.40. The van der Waals surface area contributed by atoms with Crippen LogP contribution in [0.5, 0.6) is 0 Å². The topological polar surface area (TPSA) is 84.7 Å². The maximum atomic E-state index is 12.2. The zero-order valence-electron chi connectivity index (χ0n) is 10.0. The van der Waals surface area contributed by atoms with E-state index in [0.29, 0.717) is 39.3 Å². The molecule has 0 amide bonds. The minimum Gasteiger partial charge on any atom is -0.396 e. The summed E-state index contributed by atoms with van der Waals surface area (Å²) in [5.74, 6) is 0. The second kappa shape index (κ2) is 5.79. The molecule has 102 valence electrons. The van der Waals surface area contributed by atoms with Crippen molar-refractivity contribution >= 4 is 10.0 Å². The Morgan fingerprint density at radius 2 is 2.11 bits per heavy atom. The van der Waals surface area contributed by atoms with E-state index in [2.05, 4.69) is 5.10 Å². The molecule has 2 heterocycles. The van der Waals surface area contributed by atoms with Gasteiger partial charge in [-0.3, -0.25) is 4.68 Å². The van der Waals surface area contributed by atoms with Gasteiger partial charge in [0.15, 0.2) is 0 Å². The van der Waals surface area contributed by atoms with Gasteiger partial charge in [-0.15, -0.1) is 0 Å². The van der Waals surface area contributed by atoms with Crippen LogP contribution < -0.4 is 0 Å². The molecule has 0 aromatic carbocycles. The molecule has 1 aliphatic heterocycles. The van der Waals surface area contributed by atoms with Gasteiger partial charge in [-0.05, 0) is 6.42 Å². The molecule has 0 aliphatic carbocycles. The van der Waals surface area contributed by atoms with Gasteiger partial charge in [0, 0.05) is 32.4 Å². The molecule has 0 unspecified atom stereocenters. The molecule has 8 heteroatoms. The Kier molecular flexibility index (Phi) is 4.33. The molecule has 0 atom stereocenters. The summed E-state index contributed by atoms with van der Waals surface area (Å²) in [5.41, 5.74) is 0. The van der Waals surface area contributed by atoms with Crippen molar-refractivity contribution in [2.24, 2.45) is 0 Å². The number of hydrogen-bond donors (Lipinski definition) is 1. The highest BCUT2D eigenvalue weighted by Crippen LogP contribution is 2.16. The summed E-state index contributed by atoms with van der Waals surface area (Å²) in [4.78, 5) is 0.197. The third kappa shape index (κ3) is 2.89. The van der Waals surface area contributed by atoms with Gasteiger partial charge < -0.3 is 9.84 Å². The molecule has 7 nitrogen and oxygen atoms in total. The average molecular weight is 275 g/mol. The number of sulfonamides is 1. The number of aryl methyl sites for hydroxylation is 1. The molecule has 0 spiro atoms. The van der Waals surface area contributed by atoms with Crippen molar-refractivity contribution in [2.45, 2.75) is 17.9 Å². The van der Waals surface area contributed by atoms with Crippen LogP contribution in [0.15, 0.2) is 17.3 Å². The number of morpholine rings is 1. The lowest BCUT2D eigenvalue weighted by atomic mass is 10.5. The predicted octanol–water partition coefficient (Wildman–Crippen LogP) is -0.714. The number of nitrogens with zero attached hydrogens (tertiary/aromatic N) is 3. The van der Waals surface area contributed by atoms with Gasteiger partial charge in [0.05, 0.1) is 19.4 Å². The number of rotatable bonds is 5. The summed E-state index contributed by atoms with van der Waals surface area (Å²) in [7, 11) is -3.46. The third-order valence-corrected chi connectivity index (χ3v) is 4.61. The second-order valence-corrected chi connectivity index (χ2v) is 5.97. The van der Waals surface area contributed by atoms with E-state index in [-0.39, 0.29) is 11.5 Å². The Morgan fingerprint density at radius 3 is 2.78 bits per heavy atom.